The highest BCUT2D eigenvalue weighted by Gasteiger charge is 1.99. The number of tetrazole rings is 1. The van der Waals surface area contributed by atoms with Gasteiger partial charge in [-0.15, -0.1) is 0 Å². The molecule has 84 valence electrons. The zero-order valence-corrected chi connectivity index (χ0v) is 9.42. The van der Waals surface area contributed by atoms with Crippen LogP contribution in [0.1, 0.15) is 0 Å². The first-order chi connectivity index (χ1) is 7.66. The number of H-pyrrole nitrogens is 1. The molecule has 1 aromatic heterocycles. The second kappa shape index (κ2) is 4.51. The average Bonchev–Trinajstić information content (AvgIpc) is 2.65. The van der Waals surface area contributed by atoms with Crippen LogP contribution in [0.3, 0.4) is 0 Å². The number of aromatic amines is 1. The van der Waals surface area contributed by atoms with Crippen molar-refractivity contribution in [2.45, 2.75) is 0 Å². The van der Waals surface area contributed by atoms with Gasteiger partial charge in [-0.3, -0.25) is 4.21 Å². The standard InChI is InChI=1S/C7H7N5O2S2/c13-16(14)9-5-1-3-6(4-2-5)12-7(15)8-10-11-12/h1-4,9H,(H,13,14)(H,8,11,15)/p-1. The third-order valence-corrected chi connectivity index (χ3v) is 2.46. The fraction of sp³-hybridized carbons (Fsp3) is 0. The van der Waals surface area contributed by atoms with E-state index >= 15 is 0 Å². The van der Waals surface area contributed by atoms with E-state index in [9.17, 15) is 8.76 Å². The molecule has 9 heteroatoms. The Bertz CT molecular complexity index is 561. The minimum Gasteiger partial charge on any atom is -0.755 e. The zero-order valence-electron chi connectivity index (χ0n) is 7.78. The van der Waals surface area contributed by atoms with E-state index in [1.165, 1.54) is 4.68 Å². The van der Waals surface area contributed by atoms with Gasteiger partial charge in [0.15, 0.2) is 0 Å². The predicted octanol–water partition coefficient (Wildman–Crippen LogP) is 0.531. The van der Waals surface area contributed by atoms with Crippen LogP contribution in [0.2, 0.25) is 0 Å². The fourth-order valence-corrected chi connectivity index (χ4v) is 1.66. The van der Waals surface area contributed by atoms with E-state index in [-0.39, 0.29) is 0 Å². The molecule has 2 rings (SSSR count). The number of benzene rings is 1. The Morgan fingerprint density at radius 1 is 1.44 bits per heavy atom. The molecular weight excluding hydrogens is 250 g/mol. The van der Waals surface area contributed by atoms with Crippen molar-refractivity contribution in [3.63, 3.8) is 0 Å². The maximum atomic E-state index is 10.4. The molecule has 2 N–H and O–H groups in total. The van der Waals surface area contributed by atoms with E-state index in [1.807, 2.05) is 0 Å². The second-order valence-electron chi connectivity index (χ2n) is 2.80. The molecule has 1 heterocycles. The number of anilines is 1. The van der Waals surface area contributed by atoms with E-state index < -0.39 is 11.3 Å². The van der Waals surface area contributed by atoms with Crippen LogP contribution < -0.4 is 4.72 Å². The fourth-order valence-electron chi connectivity index (χ4n) is 1.14. The van der Waals surface area contributed by atoms with Crippen molar-refractivity contribution in [3.8, 4) is 5.69 Å². The lowest BCUT2D eigenvalue weighted by atomic mass is 10.3. The molecule has 1 unspecified atom stereocenters. The molecule has 0 aliphatic carbocycles. The van der Waals surface area contributed by atoms with Crippen LogP contribution in [0.15, 0.2) is 24.3 Å². The molecule has 2 aromatic rings. The lowest BCUT2D eigenvalue weighted by molar-refractivity contribution is 0.542. The molecule has 7 nitrogen and oxygen atoms in total. The van der Waals surface area contributed by atoms with Crippen LogP contribution >= 0.6 is 12.2 Å². The third kappa shape index (κ3) is 2.32. The molecule has 0 aliphatic rings. The molecule has 0 aliphatic heterocycles. The van der Waals surface area contributed by atoms with Crippen LogP contribution in [0.5, 0.6) is 0 Å². The molecular formula is C7H6N5O2S2-. The summed E-state index contributed by atoms with van der Waals surface area (Å²) in [6.07, 6.45) is 0. The van der Waals surface area contributed by atoms with E-state index in [0.717, 1.165) is 5.69 Å². The number of nitrogens with zero attached hydrogens (tertiary/aromatic N) is 3. The highest BCUT2D eigenvalue weighted by Crippen LogP contribution is 2.12. The summed E-state index contributed by atoms with van der Waals surface area (Å²) in [6, 6.07) is 6.58. The van der Waals surface area contributed by atoms with Gasteiger partial charge in [0.2, 0.25) is 4.77 Å². The van der Waals surface area contributed by atoms with Crippen molar-refractivity contribution < 1.29 is 8.76 Å². The summed E-state index contributed by atoms with van der Waals surface area (Å²) in [7, 11) is 0. The van der Waals surface area contributed by atoms with Gasteiger partial charge in [0.05, 0.1) is 5.69 Å². The minimum absolute atomic E-state index is 0.299. The van der Waals surface area contributed by atoms with Gasteiger partial charge >= 0.3 is 0 Å². The molecule has 0 saturated heterocycles. The molecule has 0 spiro atoms. The molecule has 1 aromatic carbocycles. The van der Waals surface area contributed by atoms with Crippen molar-refractivity contribution in [3.05, 3.63) is 29.0 Å². The van der Waals surface area contributed by atoms with Gasteiger partial charge in [0, 0.05) is 17.0 Å². The van der Waals surface area contributed by atoms with Crippen molar-refractivity contribution in [1.82, 2.24) is 20.2 Å². The maximum Gasteiger partial charge on any atom is 0.242 e. The highest BCUT2D eigenvalue weighted by atomic mass is 32.2. The van der Waals surface area contributed by atoms with Gasteiger partial charge in [0.1, 0.15) is 0 Å². The highest BCUT2D eigenvalue weighted by molar-refractivity contribution is 7.80. The monoisotopic (exact) mass is 256 g/mol. The predicted molar refractivity (Wildman–Crippen MR) is 59.1 cm³/mol. The lowest BCUT2D eigenvalue weighted by Crippen LogP contribution is -2.02. The van der Waals surface area contributed by atoms with Crippen LogP contribution in [0, 0.1) is 4.77 Å². The maximum absolute atomic E-state index is 10.4. The first kappa shape index (κ1) is 10.9. The Hall–Kier alpha value is -1.58. The summed E-state index contributed by atoms with van der Waals surface area (Å²) in [5.74, 6) is 0. The third-order valence-electron chi connectivity index (χ3n) is 1.80. The van der Waals surface area contributed by atoms with Crippen molar-refractivity contribution in [1.29, 1.82) is 0 Å². The van der Waals surface area contributed by atoms with Crippen molar-refractivity contribution in [2.75, 3.05) is 4.72 Å². The quantitative estimate of drug-likeness (QED) is 0.616. The normalized spacial score (nSPS) is 12.3. The summed E-state index contributed by atoms with van der Waals surface area (Å²) < 4.78 is 24.8. The molecule has 1 atom stereocenters. The smallest absolute Gasteiger partial charge is 0.242 e. The summed E-state index contributed by atoms with van der Waals surface area (Å²) in [5.41, 5.74) is 1.19. The molecule has 0 saturated carbocycles. The van der Waals surface area contributed by atoms with Crippen molar-refractivity contribution in [2.24, 2.45) is 0 Å². The molecule has 0 radical (unpaired) electrons. The van der Waals surface area contributed by atoms with Gasteiger partial charge in [-0.1, -0.05) is 10.3 Å². The average molecular weight is 256 g/mol. The number of rotatable bonds is 3. The first-order valence-electron chi connectivity index (χ1n) is 4.13. The van der Waals surface area contributed by atoms with Gasteiger partial charge in [-0.2, -0.15) is 5.21 Å². The largest absolute Gasteiger partial charge is 0.755 e. The van der Waals surface area contributed by atoms with Gasteiger partial charge < -0.3 is 9.27 Å². The Labute approximate surface area is 97.9 Å². The van der Waals surface area contributed by atoms with Crippen LogP contribution in [0.25, 0.3) is 5.69 Å². The van der Waals surface area contributed by atoms with Crippen LogP contribution in [-0.4, -0.2) is 29.0 Å². The molecule has 0 bridgehead atoms. The van der Waals surface area contributed by atoms with Gasteiger partial charge in [-0.05, 0) is 36.5 Å². The summed E-state index contributed by atoms with van der Waals surface area (Å²) >= 11 is 2.59. The Balaban J connectivity index is 2.30. The van der Waals surface area contributed by atoms with E-state index in [2.05, 4.69) is 20.2 Å². The van der Waals surface area contributed by atoms with E-state index in [0.29, 0.717) is 10.5 Å². The van der Waals surface area contributed by atoms with Gasteiger partial charge in [-0.25, -0.2) is 4.68 Å². The topological polar surface area (TPSA) is 98.7 Å². The minimum atomic E-state index is -2.32. The lowest BCUT2D eigenvalue weighted by Gasteiger charge is -2.08. The van der Waals surface area contributed by atoms with Crippen molar-refractivity contribution >= 4 is 29.2 Å². The van der Waals surface area contributed by atoms with Crippen LogP contribution in [-0.2, 0) is 11.3 Å². The Kier molecular flexibility index (Phi) is 3.08. The SMILES string of the molecule is O=S([O-])Nc1ccc(-n2[nH]nnc2=S)cc1. The number of hydrogen-bond acceptors (Lipinski definition) is 5. The second-order valence-corrected chi connectivity index (χ2v) is 3.84. The summed E-state index contributed by atoms with van der Waals surface area (Å²) in [4.78, 5) is 0. The molecule has 0 amide bonds. The van der Waals surface area contributed by atoms with E-state index in [4.69, 9.17) is 12.2 Å². The van der Waals surface area contributed by atoms with Gasteiger partial charge in [0.25, 0.3) is 0 Å². The first-order valence-corrected chi connectivity index (χ1v) is 5.61. The summed E-state index contributed by atoms with van der Waals surface area (Å²) in [6.45, 7) is 0. The number of nitrogens with one attached hydrogen (secondary N) is 2. The molecule has 0 fully saturated rings. The summed E-state index contributed by atoms with van der Waals surface area (Å²) in [5, 5.41) is 9.75. The number of aromatic nitrogens is 4. The number of hydrogen-bond donors (Lipinski definition) is 2. The molecule has 16 heavy (non-hydrogen) atoms. The zero-order chi connectivity index (χ0) is 11.5. The van der Waals surface area contributed by atoms with E-state index in [1.54, 1.807) is 24.3 Å². The Morgan fingerprint density at radius 3 is 2.62 bits per heavy atom. The Morgan fingerprint density at radius 2 is 2.12 bits per heavy atom. The van der Waals surface area contributed by atoms with Crippen LogP contribution in [0.4, 0.5) is 5.69 Å².